The van der Waals surface area contributed by atoms with Crippen molar-refractivity contribution in [1.82, 2.24) is 20.1 Å². The van der Waals surface area contributed by atoms with Gasteiger partial charge in [-0.3, -0.25) is 14.3 Å². The number of piperidine rings is 1. The fourth-order valence-electron chi connectivity index (χ4n) is 4.43. The lowest BCUT2D eigenvalue weighted by Crippen LogP contribution is -2.30. The van der Waals surface area contributed by atoms with Gasteiger partial charge in [0, 0.05) is 28.8 Å². The Morgan fingerprint density at radius 1 is 1.10 bits per heavy atom. The zero-order valence-corrected chi connectivity index (χ0v) is 17.2. The predicted octanol–water partition coefficient (Wildman–Crippen LogP) is 1.91. The number of benzene rings is 1. The summed E-state index contributed by atoms with van der Waals surface area (Å²) >= 11 is 0. The molecule has 1 fully saturated rings. The molecule has 1 aromatic carbocycles. The lowest BCUT2D eigenvalue weighted by atomic mass is 9.92. The van der Waals surface area contributed by atoms with Crippen molar-refractivity contribution in [2.24, 2.45) is 17.4 Å². The molecule has 8 heteroatoms. The van der Waals surface area contributed by atoms with Crippen LogP contribution in [0.5, 0.6) is 0 Å². The van der Waals surface area contributed by atoms with E-state index in [1.807, 2.05) is 24.6 Å². The van der Waals surface area contributed by atoms with Crippen LogP contribution in [-0.2, 0) is 6.54 Å². The number of carbonyl (C=O) groups is 2. The SMILES string of the molecule is Cc1nn(CC2CCNCC2)c(C)c1-c1c(C(N)=O)nc2ccccc2c1C(N)=O. The number of aryl methyl sites for hydroxylation is 1. The van der Waals surface area contributed by atoms with Crippen LogP contribution in [0.2, 0.25) is 0 Å². The molecule has 0 unspecified atom stereocenters. The van der Waals surface area contributed by atoms with Crippen molar-refractivity contribution in [1.29, 1.82) is 0 Å². The summed E-state index contributed by atoms with van der Waals surface area (Å²) in [7, 11) is 0. The van der Waals surface area contributed by atoms with Crippen molar-refractivity contribution in [2.75, 3.05) is 13.1 Å². The smallest absolute Gasteiger partial charge is 0.267 e. The van der Waals surface area contributed by atoms with Gasteiger partial charge in [-0.05, 0) is 51.8 Å². The van der Waals surface area contributed by atoms with Gasteiger partial charge in [-0.2, -0.15) is 5.10 Å². The van der Waals surface area contributed by atoms with Gasteiger partial charge in [-0.1, -0.05) is 18.2 Å². The fourth-order valence-corrected chi connectivity index (χ4v) is 4.43. The monoisotopic (exact) mass is 406 g/mol. The highest BCUT2D eigenvalue weighted by atomic mass is 16.1. The molecule has 1 aliphatic heterocycles. The van der Waals surface area contributed by atoms with Gasteiger partial charge in [0.25, 0.3) is 5.91 Å². The molecule has 3 aromatic rings. The molecular formula is C22H26N6O2. The van der Waals surface area contributed by atoms with E-state index < -0.39 is 11.8 Å². The molecule has 0 atom stereocenters. The Hall–Kier alpha value is -3.26. The second-order valence-electron chi connectivity index (χ2n) is 7.88. The molecule has 2 amide bonds. The molecule has 156 valence electrons. The maximum absolute atomic E-state index is 12.5. The summed E-state index contributed by atoms with van der Waals surface area (Å²) in [5.74, 6) is -0.808. The Kier molecular flexibility index (Phi) is 5.26. The van der Waals surface area contributed by atoms with Crippen molar-refractivity contribution in [2.45, 2.75) is 33.2 Å². The third-order valence-electron chi connectivity index (χ3n) is 5.89. The minimum atomic E-state index is -0.705. The zero-order valence-electron chi connectivity index (χ0n) is 17.2. The summed E-state index contributed by atoms with van der Waals surface area (Å²) in [6.07, 6.45) is 2.18. The first kappa shape index (κ1) is 20.0. The molecule has 0 saturated carbocycles. The van der Waals surface area contributed by atoms with E-state index in [4.69, 9.17) is 16.6 Å². The van der Waals surface area contributed by atoms with Crippen LogP contribution in [0.15, 0.2) is 24.3 Å². The van der Waals surface area contributed by atoms with Gasteiger partial charge in [0.15, 0.2) is 0 Å². The predicted molar refractivity (Wildman–Crippen MR) is 115 cm³/mol. The summed E-state index contributed by atoms with van der Waals surface area (Å²) in [6, 6.07) is 7.11. The average molecular weight is 406 g/mol. The van der Waals surface area contributed by atoms with Crippen LogP contribution in [-0.4, -0.2) is 39.7 Å². The summed E-state index contributed by atoms with van der Waals surface area (Å²) in [4.78, 5) is 29.3. The maximum Gasteiger partial charge on any atom is 0.267 e. The van der Waals surface area contributed by atoms with Gasteiger partial charge in [-0.25, -0.2) is 4.98 Å². The van der Waals surface area contributed by atoms with E-state index in [0.29, 0.717) is 33.6 Å². The minimum Gasteiger partial charge on any atom is -0.366 e. The van der Waals surface area contributed by atoms with E-state index >= 15 is 0 Å². The highest BCUT2D eigenvalue weighted by Gasteiger charge is 2.28. The number of primary amides is 2. The van der Waals surface area contributed by atoms with Crippen LogP contribution in [0.4, 0.5) is 0 Å². The number of pyridine rings is 1. The molecule has 3 heterocycles. The number of carbonyl (C=O) groups excluding carboxylic acids is 2. The normalized spacial score (nSPS) is 14.9. The van der Waals surface area contributed by atoms with Gasteiger partial charge in [-0.15, -0.1) is 0 Å². The molecule has 2 aromatic heterocycles. The van der Waals surface area contributed by atoms with Crippen LogP contribution in [0.25, 0.3) is 22.0 Å². The van der Waals surface area contributed by atoms with Crippen LogP contribution < -0.4 is 16.8 Å². The van der Waals surface area contributed by atoms with Crippen LogP contribution in [0.3, 0.4) is 0 Å². The second kappa shape index (κ2) is 7.87. The van der Waals surface area contributed by atoms with Crippen molar-refractivity contribution < 1.29 is 9.59 Å². The molecule has 8 nitrogen and oxygen atoms in total. The third kappa shape index (κ3) is 3.43. The lowest BCUT2D eigenvalue weighted by Gasteiger charge is -2.23. The van der Waals surface area contributed by atoms with E-state index in [2.05, 4.69) is 10.3 Å². The summed E-state index contributed by atoms with van der Waals surface area (Å²) in [5.41, 5.74) is 14.9. The van der Waals surface area contributed by atoms with Gasteiger partial charge in [0.05, 0.1) is 16.8 Å². The molecule has 0 aliphatic carbocycles. The second-order valence-corrected chi connectivity index (χ2v) is 7.88. The topological polar surface area (TPSA) is 129 Å². The number of nitrogens with zero attached hydrogens (tertiary/aromatic N) is 3. The van der Waals surface area contributed by atoms with Gasteiger partial charge < -0.3 is 16.8 Å². The highest BCUT2D eigenvalue weighted by Crippen LogP contribution is 2.36. The molecule has 5 N–H and O–H groups in total. The molecule has 0 spiro atoms. The lowest BCUT2D eigenvalue weighted by molar-refractivity contribution is 0.0996. The van der Waals surface area contributed by atoms with Crippen molar-refractivity contribution in [3.63, 3.8) is 0 Å². The number of rotatable bonds is 5. The fraction of sp³-hybridized carbons (Fsp3) is 0.364. The zero-order chi connectivity index (χ0) is 21.4. The number of hydrogen-bond acceptors (Lipinski definition) is 5. The van der Waals surface area contributed by atoms with E-state index in [1.54, 1.807) is 18.2 Å². The molecule has 0 bridgehead atoms. The van der Waals surface area contributed by atoms with E-state index in [1.165, 1.54) is 0 Å². The van der Waals surface area contributed by atoms with Crippen molar-refractivity contribution in [3.8, 4) is 11.1 Å². The molecule has 4 rings (SSSR count). The van der Waals surface area contributed by atoms with Crippen molar-refractivity contribution in [3.05, 3.63) is 46.9 Å². The minimum absolute atomic E-state index is 0.0371. The first-order valence-electron chi connectivity index (χ1n) is 10.2. The quantitative estimate of drug-likeness (QED) is 0.596. The number of para-hydroxylation sites is 1. The molecule has 30 heavy (non-hydrogen) atoms. The Morgan fingerprint density at radius 3 is 2.47 bits per heavy atom. The summed E-state index contributed by atoms with van der Waals surface area (Å²) in [6.45, 7) is 6.60. The highest BCUT2D eigenvalue weighted by molar-refractivity contribution is 6.15. The molecule has 1 saturated heterocycles. The third-order valence-corrected chi connectivity index (χ3v) is 5.89. The Labute approximate surface area is 174 Å². The van der Waals surface area contributed by atoms with E-state index in [9.17, 15) is 9.59 Å². The number of nitrogens with two attached hydrogens (primary N) is 2. The van der Waals surface area contributed by atoms with Crippen LogP contribution in [0, 0.1) is 19.8 Å². The first-order chi connectivity index (χ1) is 14.4. The van der Waals surface area contributed by atoms with Crippen LogP contribution >= 0.6 is 0 Å². The summed E-state index contributed by atoms with van der Waals surface area (Å²) in [5, 5.41) is 8.69. The Balaban J connectivity index is 1.95. The van der Waals surface area contributed by atoms with E-state index in [-0.39, 0.29) is 11.3 Å². The molecule has 1 aliphatic rings. The Morgan fingerprint density at radius 2 is 1.80 bits per heavy atom. The number of aromatic nitrogens is 3. The Bertz CT molecular complexity index is 1140. The standard InChI is InChI=1S/C22H26N6O2/c1-12-17(13(2)28(27-12)11-14-7-9-25-10-8-14)19-18(21(23)29)15-5-3-4-6-16(15)26-20(19)22(24)30/h3-6,14,25H,7-11H2,1-2H3,(H2,23,29)(H2,24,30). The van der Waals surface area contributed by atoms with Crippen LogP contribution in [0.1, 0.15) is 45.1 Å². The molecular weight excluding hydrogens is 380 g/mol. The number of hydrogen-bond donors (Lipinski definition) is 3. The average Bonchev–Trinajstić information content (AvgIpc) is 2.99. The van der Waals surface area contributed by atoms with Gasteiger partial charge >= 0.3 is 0 Å². The van der Waals surface area contributed by atoms with Crippen molar-refractivity contribution >= 4 is 22.7 Å². The largest absolute Gasteiger partial charge is 0.366 e. The number of nitrogens with one attached hydrogen (secondary N) is 1. The molecule has 0 radical (unpaired) electrons. The first-order valence-corrected chi connectivity index (χ1v) is 10.2. The number of fused-ring (bicyclic) bond motifs is 1. The maximum atomic E-state index is 12.5. The van der Waals surface area contributed by atoms with E-state index in [0.717, 1.165) is 38.2 Å². The summed E-state index contributed by atoms with van der Waals surface area (Å²) < 4.78 is 1.96. The van der Waals surface area contributed by atoms with Gasteiger partial charge in [0.1, 0.15) is 5.69 Å². The number of amides is 2. The van der Waals surface area contributed by atoms with Gasteiger partial charge in [0.2, 0.25) is 5.91 Å².